The Bertz CT molecular complexity index is 650. The maximum absolute atomic E-state index is 12.2. The first-order valence-electron chi connectivity index (χ1n) is 8.11. The molecule has 6 heteroatoms. The van der Waals surface area contributed by atoms with Gasteiger partial charge in [-0.1, -0.05) is 48.6 Å². The summed E-state index contributed by atoms with van der Waals surface area (Å²) in [6.45, 7) is 2.18. The van der Waals surface area contributed by atoms with Crippen molar-refractivity contribution in [3.63, 3.8) is 0 Å². The second-order valence-corrected chi connectivity index (χ2v) is 8.13. The van der Waals surface area contributed by atoms with Crippen LogP contribution in [0, 0.1) is 5.92 Å². The van der Waals surface area contributed by atoms with Gasteiger partial charge in [0.25, 0.3) is 5.91 Å². The first-order chi connectivity index (χ1) is 11.2. The molecule has 1 fully saturated rings. The number of carbonyl (C=O) groups is 1. The van der Waals surface area contributed by atoms with Crippen molar-refractivity contribution in [1.82, 2.24) is 10.2 Å². The maximum atomic E-state index is 12.2. The number of aryl methyl sites for hydroxylation is 1. The van der Waals surface area contributed by atoms with Gasteiger partial charge in [-0.05, 0) is 49.3 Å². The van der Waals surface area contributed by atoms with Crippen molar-refractivity contribution < 1.29 is 4.79 Å². The summed E-state index contributed by atoms with van der Waals surface area (Å²) in [6.07, 6.45) is 6.10. The summed E-state index contributed by atoms with van der Waals surface area (Å²) in [4.78, 5) is 12.2. The molecule has 0 saturated heterocycles. The number of anilines is 1. The number of aromatic nitrogens is 2. The molecule has 0 atom stereocenters. The molecule has 0 bridgehead atoms. The molecule has 2 aromatic rings. The number of benzene rings is 1. The van der Waals surface area contributed by atoms with E-state index in [0.717, 1.165) is 22.4 Å². The monoisotopic (exact) mass is 347 g/mol. The molecule has 1 aliphatic rings. The molecule has 0 spiro atoms. The fraction of sp³-hybridized carbons (Fsp3) is 0.471. The van der Waals surface area contributed by atoms with Crippen LogP contribution in [0.15, 0.2) is 28.6 Å². The third-order valence-electron chi connectivity index (χ3n) is 3.80. The van der Waals surface area contributed by atoms with E-state index in [-0.39, 0.29) is 5.91 Å². The van der Waals surface area contributed by atoms with Crippen LogP contribution in [0.5, 0.6) is 0 Å². The van der Waals surface area contributed by atoms with E-state index >= 15 is 0 Å². The third kappa shape index (κ3) is 5.04. The van der Waals surface area contributed by atoms with Crippen molar-refractivity contribution in [2.45, 2.75) is 43.4 Å². The molecule has 1 N–H and O–H groups in total. The van der Waals surface area contributed by atoms with Crippen LogP contribution in [0.25, 0.3) is 0 Å². The number of thioether (sulfide) groups is 1. The lowest BCUT2D eigenvalue weighted by Gasteiger charge is -2.03. The number of hydrogen-bond acceptors (Lipinski definition) is 5. The molecule has 0 unspecified atom stereocenters. The molecule has 0 aliphatic heterocycles. The lowest BCUT2D eigenvalue weighted by Crippen LogP contribution is -2.11. The molecule has 1 saturated carbocycles. The largest absolute Gasteiger partial charge is 0.296 e. The predicted octanol–water partition coefficient (Wildman–Crippen LogP) is 4.64. The van der Waals surface area contributed by atoms with Crippen LogP contribution in [0.2, 0.25) is 0 Å². The number of nitrogens with one attached hydrogen (secondary N) is 1. The predicted molar refractivity (Wildman–Crippen MR) is 96.4 cm³/mol. The lowest BCUT2D eigenvalue weighted by molar-refractivity contribution is 0.102. The van der Waals surface area contributed by atoms with Crippen molar-refractivity contribution in [2.75, 3.05) is 11.1 Å². The van der Waals surface area contributed by atoms with Gasteiger partial charge in [0.2, 0.25) is 5.13 Å². The Morgan fingerprint density at radius 1 is 1.30 bits per heavy atom. The second-order valence-electron chi connectivity index (χ2n) is 5.88. The number of carbonyl (C=O) groups excluding carboxylic acids is 1. The zero-order valence-corrected chi connectivity index (χ0v) is 14.9. The van der Waals surface area contributed by atoms with Crippen molar-refractivity contribution in [2.24, 2.45) is 5.92 Å². The normalized spacial score (nSPS) is 14.0. The Balaban J connectivity index is 1.53. The lowest BCUT2D eigenvalue weighted by atomic mass is 10.1. The average molecular weight is 348 g/mol. The summed E-state index contributed by atoms with van der Waals surface area (Å²) in [5.74, 6) is 1.84. The van der Waals surface area contributed by atoms with E-state index < -0.39 is 0 Å². The van der Waals surface area contributed by atoms with E-state index in [1.807, 2.05) is 24.3 Å². The van der Waals surface area contributed by atoms with Crippen LogP contribution >= 0.6 is 23.1 Å². The smallest absolute Gasteiger partial charge is 0.257 e. The highest BCUT2D eigenvalue weighted by molar-refractivity contribution is 8.01. The Kier molecular flexibility index (Phi) is 5.67. The summed E-state index contributed by atoms with van der Waals surface area (Å²) in [7, 11) is 0. The quantitative estimate of drug-likeness (QED) is 0.558. The Hall–Kier alpha value is -1.40. The Morgan fingerprint density at radius 2 is 2.09 bits per heavy atom. The summed E-state index contributed by atoms with van der Waals surface area (Å²) in [5, 5.41) is 11.6. The van der Waals surface area contributed by atoms with Crippen LogP contribution in [-0.4, -0.2) is 21.9 Å². The van der Waals surface area contributed by atoms with Gasteiger partial charge >= 0.3 is 0 Å². The van der Waals surface area contributed by atoms with Gasteiger partial charge in [0.05, 0.1) is 0 Å². The van der Waals surface area contributed by atoms with E-state index in [1.54, 1.807) is 11.8 Å². The highest BCUT2D eigenvalue weighted by atomic mass is 32.2. The number of nitrogens with zero attached hydrogens (tertiary/aromatic N) is 2. The minimum absolute atomic E-state index is 0.123. The van der Waals surface area contributed by atoms with Gasteiger partial charge < -0.3 is 0 Å². The molecule has 1 amide bonds. The van der Waals surface area contributed by atoms with E-state index in [2.05, 4.69) is 22.4 Å². The van der Waals surface area contributed by atoms with E-state index in [9.17, 15) is 4.79 Å². The summed E-state index contributed by atoms with van der Waals surface area (Å²) >= 11 is 3.19. The van der Waals surface area contributed by atoms with Crippen LogP contribution in [0.1, 0.15) is 48.5 Å². The second kappa shape index (κ2) is 7.93. The molecule has 0 radical (unpaired) electrons. The molecule has 1 aromatic heterocycles. The van der Waals surface area contributed by atoms with Crippen molar-refractivity contribution in [3.8, 4) is 0 Å². The Morgan fingerprint density at radius 3 is 2.78 bits per heavy atom. The zero-order valence-electron chi connectivity index (χ0n) is 13.2. The fourth-order valence-corrected chi connectivity index (χ4v) is 4.12. The number of unbranched alkanes of at least 4 members (excludes halogenated alkanes) is 1. The highest BCUT2D eigenvalue weighted by Crippen LogP contribution is 2.36. The van der Waals surface area contributed by atoms with Crippen molar-refractivity contribution in [3.05, 3.63) is 35.4 Å². The maximum Gasteiger partial charge on any atom is 0.257 e. The van der Waals surface area contributed by atoms with E-state index in [1.165, 1.54) is 42.6 Å². The summed E-state index contributed by atoms with van der Waals surface area (Å²) < 4.78 is 0.933. The molecule has 122 valence electrons. The number of amides is 1. The molecule has 3 rings (SSSR count). The SMILES string of the molecule is CCCCc1ccc(C(=O)Nc2nnc(SCC3CC3)s2)cc1. The minimum Gasteiger partial charge on any atom is -0.296 e. The number of hydrogen-bond donors (Lipinski definition) is 1. The van der Waals surface area contributed by atoms with Crippen LogP contribution < -0.4 is 5.32 Å². The summed E-state index contributed by atoms with van der Waals surface area (Å²) in [5.41, 5.74) is 1.94. The summed E-state index contributed by atoms with van der Waals surface area (Å²) in [6, 6.07) is 7.82. The van der Waals surface area contributed by atoms with Gasteiger partial charge in [0, 0.05) is 11.3 Å². The first-order valence-corrected chi connectivity index (χ1v) is 9.91. The van der Waals surface area contributed by atoms with Crippen LogP contribution in [0.3, 0.4) is 0 Å². The third-order valence-corrected chi connectivity index (χ3v) is 6.01. The molecule has 4 nitrogen and oxygen atoms in total. The van der Waals surface area contributed by atoms with Gasteiger partial charge in [0.1, 0.15) is 0 Å². The zero-order chi connectivity index (χ0) is 16.1. The Labute approximate surface area is 145 Å². The molecular formula is C17H21N3OS2. The van der Waals surface area contributed by atoms with Gasteiger partial charge in [-0.15, -0.1) is 10.2 Å². The minimum atomic E-state index is -0.123. The molecule has 1 heterocycles. The molecule has 1 aromatic carbocycles. The average Bonchev–Trinajstić information content (AvgIpc) is 3.30. The van der Waals surface area contributed by atoms with Gasteiger partial charge in [-0.2, -0.15) is 0 Å². The van der Waals surface area contributed by atoms with Crippen LogP contribution in [-0.2, 0) is 6.42 Å². The highest BCUT2D eigenvalue weighted by Gasteiger charge is 2.22. The molecular weight excluding hydrogens is 326 g/mol. The van der Waals surface area contributed by atoms with Gasteiger partial charge in [0.15, 0.2) is 4.34 Å². The molecule has 1 aliphatic carbocycles. The van der Waals surface area contributed by atoms with Crippen molar-refractivity contribution in [1.29, 1.82) is 0 Å². The topological polar surface area (TPSA) is 54.9 Å². The van der Waals surface area contributed by atoms with Crippen LogP contribution in [0.4, 0.5) is 5.13 Å². The van der Waals surface area contributed by atoms with Gasteiger partial charge in [-0.25, -0.2) is 0 Å². The molecule has 23 heavy (non-hydrogen) atoms. The number of rotatable bonds is 8. The first kappa shape index (κ1) is 16.5. The standard InChI is InChI=1S/C17H21N3OS2/c1-2-3-4-12-7-9-14(10-8-12)15(21)18-16-19-20-17(23-16)22-11-13-5-6-13/h7-10,13H,2-6,11H2,1H3,(H,18,19,21). The van der Waals surface area contributed by atoms with E-state index in [4.69, 9.17) is 0 Å². The fourth-order valence-electron chi connectivity index (χ4n) is 2.17. The van der Waals surface area contributed by atoms with Gasteiger partial charge in [-0.3, -0.25) is 10.1 Å². The van der Waals surface area contributed by atoms with Crippen molar-refractivity contribution >= 4 is 34.1 Å². The van der Waals surface area contributed by atoms with E-state index in [0.29, 0.717) is 10.7 Å².